The van der Waals surface area contributed by atoms with E-state index in [0.717, 1.165) is 21.7 Å². The molecule has 0 saturated carbocycles. The van der Waals surface area contributed by atoms with Crippen LogP contribution in [0.4, 0.5) is 10.5 Å². The number of hydrogen-bond donors (Lipinski definition) is 1. The number of anilines is 1. The highest BCUT2D eigenvalue weighted by molar-refractivity contribution is 9.10. The van der Waals surface area contributed by atoms with Gasteiger partial charge in [-0.1, -0.05) is 33.6 Å². The van der Waals surface area contributed by atoms with Crippen molar-refractivity contribution < 1.29 is 4.79 Å². The number of halogens is 2. The number of nitrogens with one attached hydrogen (secondary N) is 1. The fourth-order valence-electron chi connectivity index (χ4n) is 2.98. The lowest BCUT2D eigenvalue weighted by Crippen LogP contribution is -2.41. The summed E-state index contributed by atoms with van der Waals surface area (Å²) in [6, 6.07) is 5.55. The lowest BCUT2D eigenvalue weighted by Gasteiger charge is -2.26. The molecule has 3 aromatic rings. The Balaban J connectivity index is 1.40. The number of nitrogens with zero attached hydrogens (tertiary/aromatic N) is 6. The first-order valence-electron chi connectivity index (χ1n) is 8.40. The number of carbonyl (C=O) groups is 1. The topological polar surface area (TPSA) is 80.9 Å². The van der Waals surface area contributed by atoms with Crippen LogP contribution in [0.3, 0.4) is 0 Å². The van der Waals surface area contributed by atoms with Crippen molar-refractivity contribution >= 4 is 39.2 Å². The Morgan fingerprint density at radius 3 is 3.04 bits per heavy atom. The molecule has 0 radical (unpaired) electrons. The molecule has 0 atom stereocenters. The Kier molecular flexibility index (Phi) is 4.88. The summed E-state index contributed by atoms with van der Waals surface area (Å²) in [5, 5.41) is 12.2. The SMILES string of the molecule is Cc1nc2n(n1)CCN(C(=O)Nc1cnn(Cc3ccc(Br)cc3Cl)c1)C2. The molecule has 2 aromatic heterocycles. The van der Waals surface area contributed by atoms with Gasteiger partial charge in [0.15, 0.2) is 0 Å². The Morgan fingerprint density at radius 2 is 2.22 bits per heavy atom. The minimum absolute atomic E-state index is 0.178. The molecule has 0 aliphatic carbocycles. The van der Waals surface area contributed by atoms with Gasteiger partial charge in [0.25, 0.3) is 0 Å². The van der Waals surface area contributed by atoms with Crippen LogP contribution in [0.15, 0.2) is 35.1 Å². The van der Waals surface area contributed by atoms with Gasteiger partial charge in [0.05, 0.1) is 31.5 Å². The first kappa shape index (κ1) is 18.0. The Morgan fingerprint density at radius 1 is 1.37 bits per heavy atom. The second kappa shape index (κ2) is 7.32. The summed E-state index contributed by atoms with van der Waals surface area (Å²) in [6.07, 6.45) is 3.41. The second-order valence-corrected chi connectivity index (χ2v) is 7.64. The van der Waals surface area contributed by atoms with Crippen LogP contribution in [-0.2, 0) is 19.6 Å². The predicted molar refractivity (Wildman–Crippen MR) is 105 cm³/mol. The molecule has 1 N–H and O–H groups in total. The van der Waals surface area contributed by atoms with E-state index in [0.29, 0.717) is 36.9 Å². The van der Waals surface area contributed by atoms with E-state index in [4.69, 9.17) is 11.6 Å². The molecule has 0 saturated heterocycles. The number of hydrogen-bond acceptors (Lipinski definition) is 4. The van der Waals surface area contributed by atoms with Gasteiger partial charge in [0.1, 0.15) is 11.6 Å². The Bertz CT molecular complexity index is 999. The van der Waals surface area contributed by atoms with Crippen LogP contribution in [0.1, 0.15) is 17.2 Å². The quantitative estimate of drug-likeness (QED) is 0.664. The molecule has 10 heteroatoms. The van der Waals surface area contributed by atoms with Crippen LogP contribution < -0.4 is 5.32 Å². The van der Waals surface area contributed by atoms with Gasteiger partial charge in [-0.3, -0.25) is 4.68 Å². The lowest BCUT2D eigenvalue weighted by atomic mass is 10.2. The zero-order valence-electron chi connectivity index (χ0n) is 14.6. The molecule has 140 valence electrons. The maximum absolute atomic E-state index is 12.5. The number of carbonyl (C=O) groups excluding carboxylic acids is 1. The Hall–Kier alpha value is -2.39. The number of rotatable bonds is 3. The van der Waals surface area contributed by atoms with Crippen LogP contribution in [0.2, 0.25) is 5.02 Å². The van der Waals surface area contributed by atoms with Gasteiger partial charge in [-0.05, 0) is 24.6 Å². The van der Waals surface area contributed by atoms with Crippen LogP contribution in [0.5, 0.6) is 0 Å². The smallest absolute Gasteiger partial charge is 0.315 e. The molecule has 0 bridgehead atoms. The van der Waals surface area contributed by atoms with Crippen LogP contribution >= 0.6 is 27.5 Å². The molecule has 2 amide bonds. The molecule has 1 aromatic carbocycles. The minimum Gasteiger partial charge on any atom is -0.315 e. The summed E-state index contributed by atoms with van der Waals surface area (Å²) < 4.78 is 4.51. The van der Waals surface area contributed by atoms with Crippen molar-refractivity contribution in [3.8, 4) is 0 Å². The van der Waals surface area contributed by atoms with Crippen molar-refractivity contribution in [1.82, 2.24) is 29.4 Å². The highest BCUT2D eigenvalue weighted by atomic mass is 79.9. The highest BCUT2D eigenvalue weighted by Gasteiger charge is 2.23. The third-order valence-electron chi connectivity index (χ3n) is 4.29. The van der Waals surface area contributed by atoms with Crippen molar-refractivity contribution in [2.75, 3.05) is 11.9 Å². The van der Waals surface area contributed by atoms with Gasteiger partial charge in [0.2, 0.25) is 0 Å². The molecular weight excluding hydrogens is 434 g/mol. The Labute approximate surface area is 169 Å². The molecule has 1 aliphatic heterocycles. The van der Waals surface area contributed by atoms with Gasteiger partial charge in [-0.2, -0.15) is 10.2 Å². The maximum atomic E-state index is 12.5. The summed E-state index contributed by atoms with van der Waals surface area (Å²) in [7, 11) is 0. The van der Waals surface area contributed by atoms with Crippen LogP contribution in [0.25, 0.3) is 0 Å². The second-order valence-electron chi connectivity index (χ2n) is 6.31. The van der Waals surface area contributed by atoms with E-state index < -0.39 is 0 Å². The summed E-state index contributed by atoms with van der Waals surface area (Å²) >= 11 is 9.65. The molecule has 27 heavy (non-hydrogen) atoms. The first-order valence-corrected chi connectivity index (χ1v) is 9.57. The van der Waals surface area contributed by atoms with E-state index in [-0.39, 0.29) is 6.03 Å². The number of urea groups is 1. The monoisotopic (exact) mass is 449 g/mol. The van der Waals surface area contributed by atoms with Crippen LogP contribution in [-0.4, -0.2) is 42.0 Å². The van der Waals surface area contributed by atoms with E-state index in [1.807, 2.05) is 29.8 Å². The summed E-state index contributed by atoms with van der Waals surface area (Å²) in [5.41, 5.74) is 1.59. The lowest BCUT2D eigenvalue weighted by molar-refractivity contribution is 0.193. The number of aryl methyl sites for hydroxylation is 1. The number of benzene rings is 1. The van der Waals surface area contributed by atoms with E-state index in [2.05, 4.69) is 36.4 Å². The standard InChI is InChI=1S/C17H17BrClN7O/c1-11-21-16-10-24(4-5-26(16)23-11)17(27)22-14-7-20-25(9-14)8-12-2-3-13(18)6-15(12)19/h2-3,6-7,9H,4-5,8,10H2,1H3,(H,22,27). The van der Waals surface area contributed by atoms with Gasteiger partial charge >= 0.3 is 6.03 Å². The number of amides is 2. The third-order valence-corrected chi connectivity index (χ3v) is 5.13. The number of aromatic nitrogens is 5. The maximum Gasteiger partial charge on any atom is 0.322 e. The van der Waals surface area contributed by atoms with E-state index in [1.165, 1.54) is 0 Å². The van der Waals surface area contributed by atoms with E-state index >= 15 is 0 Å². The normalized spacial score (nSPS) is 13.5. The summed E-state index contributed by atoms with van der Waals surface area (Å²) in [5.74, 6) is 1.52. The average Bonchev–Trinajstić information content (AvgIpc) is 3.21. The van der Waals surface area contributed by atoms with Crippen molar-refractivity contribution in [3.05, 3.63) is 57.3 Å². The van der Waals surface area contributed by atoms with Gasteiger partial charge < -0.3 is 10.2 Å². The average molecular weight is 451 g/mol. The van der Waals surface area contributed by atoms with Crippen LogP contribution in [0, 0.1) is 6.92 Å². The third kappa shape index (κ3) is 3.98. The van der Waals surface area contributed by atoms with Gasteiger partial charge in [0, 0.05) is 22.2 Å². The zero-order valence-corrected chi connectivity index (χ0v) is 16.9. The molecule has 8 nitrogen and oxygen atoms in total. The molecular formula is C17H17BrClN7O. The fourth-order valence-corrected chi connectivity index (χ4v) is 3.71. The fraction of sp³-hybridized carbons (Fsp3) is 0.294. The van der Waals surface area contributed by atoms with Crippen molar-refractivity contribution in [2.24, 2.45) is 0 Å². The van der Waals surface area contributed by atoms with Gasteiger partial charge in [-0.25, -0.2) is 14.5 Å². The highest BCUT2D eigenvalue weighted by Crippen LogP contribution is 2.22. The largest absolute Gasteiger partial charge is 0.322 e. The van der Waals surface area contributed by atoms with E-state index in [1.54, 1.807) is 22.0 Å². The molecule has 0 fully saturated rings. The van der Waals surface area contributed by atoms with Gasteiger partial charge in [-0.15, -0.1) is 0 Å². The molecule has 3 heterocycles. The summed E-state index contributed by atoms with van der Waals surface area (Å²) in [4.78, 5) is 18.6. The minimum atomic E-state index is -0.178. The van der Waals surface area contributed by atoms with E-state index in [9.17, 15) is 4.79 Å². The first-order chi connectivity index (χ1) is 13.0. The molecule has 0 unspecified atom stereocenters. The zero-order chi connectivity index (χ0) is 19.0. The molecule has 4 rings (SSSR count). The van der Waals surface area contributed by atoms with Crippen molar-refractivity contribution in [1.29, 1.82) is 0 Å². The molecule has 1 aliphatic rings. The molecule has 0 spiro atoms. The predicted octanol–water partition coefficient (Wildman–Crippen LogP) is 3.29. The summed E-state index contributed by atoms with van der Waals surface area (Å²) in [6.45, 7) is 4.04. The van der Waals surface area contributed by atoms with Crippen molar-refractivity contribution in [2.45, 2.75) is 26.6 Å². The van der Waals surface area contributed by atoms with Crippen molar-refractivity contribution in [3.63, 3.8) is 0 Å². The number of fused-ring (bicyclic) bond motifs is 1.